The summed E-state index contributed by atoms with van der Waals surface area (Å²) >= 11 is 5.60. The predicted octanol–water partition coefficient (Wildman–Crippen LogP) is 1.58. The van der Waals surface area contributed by atoms with Crippen molar-refractivity contribution >= 4 is 23.2 Å². The number of nitrogens with zero attached hydrogens (tertiary/aromatic N) is 1. The number of benzene rings is 1. The molecule has 0 radical (unpaired) electrons. The molecule has 1 N–H and O–H groups in total. The van der Waals surface area contributed by atoms with Crippen LogP contribution in [0.4, 0.5) is 10.1 Å². The van der Waals surface area contributed by atoms with E-state index >= 15 is 0 Å². The lowest BCUT2D eigenvalue weighted by Crippen LogP contribution is -2.26. The number of hydrogen-bond acceptors (Lipinski definition) is 2. The summed E-state index contributed by atoms with van der Waals surface area (Å²) < 4.78 is 13.4. The maximum Gasteiger partial charge on any atom is 0.229 e. The van der Waals surface area contributed by atoms with Gasteiger partial charge in [-0.1, -0.05) is 11.6 Å². The van der Waals surface area contributed by atoms with E-state index in [1.807, 2.05) is 0 Å². The van der Waals surface area contributed by atoms with E-state index in [1.54, 1.807) is 0 Å². The second kappa shape index (κ2) is 3.79. The second-order valence-electron chi connectivity index (χ2n) is 3.46. The van der Waals surface area contributed by atoms with Crippen LogP contribution in [0.5, 0.6) is 0 Å². The van der Waals surface area contributed by atoms with Crippen molar-refractivity contribution in [1.29, 1.82) is 0 Å². The molecule has 0 saturated carbocycles. The van der Waals surface area contributed by atoms with Crippen LogP contribution in [0.2, 0.25) is 5.02 Å². The number of amides is 1. The summed E-state index contributed by atoms with van der Waals surface area (Å²) in [7, 11) is 0. The third kappa shape index (κ3) is 1.96. The number of β-amino-alcohol motifs (C(OH)–C–C–N with tert-alkyl or cyclic N) is 1. The minimum absolute atomic E-state index is 0.0437. The molecule has 80 valence electrons. The molecule has 5 heteroatoms. The number of rotatable bonds is 1. The van der Waals surface area contributed by atoms with Crippen molar-refractivity contribution in [3.63, 3.8) is 0 Å². The first-order valence-electron chi connectivity index (χ1n) is 4.51. The van der Waals surface area contributed by atoms with Crippen LogP contribution in [0.3, 0.4) is 0 Å². The molecule has 1 amide bonds. The number of hydrogen-bond donors (Lipinski definition) is 1. The molecule has 0 spiro atoms. The van der Waals surface area contributed by atoms with Gasteiger partial charge in [-0.3, -0.25) is 4.79 Å². The molecule has 2 rings (SSSR count). The van der Waals surface area contributed by atoms with Gasteiger partial charge in [0, 0.05) is 5.02 Å². The zero-order chi connectivity index (χ0) is 11.0. The summed E-state index contributed by atoms with van der Waals surface area (Å²) in [6, 6.07) is 4.10. The summed E-state index contributed by atoms with van der Waals surface area (Å²) in [5.74, 6) is -0.825. The van der Waals surface area contributed by atoms with Crippen LogP contribution in [0, 0.1) is 5.82 Å². The van der Waals surface area contributed by atoms with Gasteiger partial charge in [-0.15, -0.1) is 0 Å². The van der Waals surface area contributed by atoms with E-state index < -0.39 is 11.9 Å². The summed E-state index contributed by atoms with van der Waals surface area (Å²) in [5, 5.41) is 9.55. The second-order valence-corrected chi connectivity index (χ2v) is 3.89. The Bertz CT molecular complexity index is 410. The Morgan fingerprint density at radius 2 is 2.27 bits per heavy atom. The SMILES string of the molecule is O=C1CC(O)CN1c1ccc(Cl)cc1F. The predicted molar refractivity (Wildman–Crippen MR) is 54.4 cm³/mol. The fourth-order valence-electron chi connectivity index (χ4n) is 1.62. The molecule has 1 aliphatic heterocycles. The van der Waals surface area contributed by atoms with Crippen molar-refractivity contribution in [1.82, 2.24) is 0 Å². The standard InChI is InChI=1S/C10H9ClFNO2/c11-6-1-2-9(8(12)3-6)13-5-7(14)4-10(13)15/h1-3,7,14H,4-5H2. The van der Waals surface area contributed by atoms with Crippen molar-refractivity contribution < 1.29 is 14.3 Å². The van der Waals surface area contributed by atoms with Gasteiger partial charge in [0.05, 0.1) is 24.8 Å². The molecule has 1 aromatic rings. The highest BCUT2D eigenvalue weighted by Crippen LogP contribution is 2.26. The molecule has 1 aromatic carbocycles. The van der Waals surface area contributed by atoms with E-state index in [2.05, 4.69) is 0 Å². The average molecular weight is 230 g/mol. The number of aliphatic hydroxyl groups excluding tert-OH is 1. The van der Waals surface area contributed by atoms with Crippen LogP contribution in [-0.2, 0) is 4.79 Å². The number of carbonyl (C=O) groups excluding carboxylic acids is 1. The van der Waals surface area contributed by atoms with Crippen LogP contribution < -0.4 is 4.90 Å². The Balaban J connectivity index is 2.34. The van der Waals surface area contributed by atoms with Gasteiger partial charge in [-0.05, 0) is 18.2 Å². The van der Waals surface area contributed by atoms with Gasteiger partial charge in [0.2, 0.25) is 5.91 Å². The van der Waals surface area contributed by atoms with E-state index in [0.29, 0.717) is 0 Å². The van der Waals surface area contributed by atoms with Gasteiger partial charge in [0.25, 0.3) is 0 Å². The molecular formula is C10H9ClFNO2. The average Bonchev–Trinajstić information content (AvgIpc) is 2.45. The van der Waals surface area contributed by atoms with Gasteiger partial charge >= 0.3 is 0 Å². The minimum atomic E-state index is -0.715. The quantitative estimate of drug-likeness (QED) is 0.794. The third-order valence-electron chi connectivity index (χ3n) is 2.31. The van der Waals surface area contributed by atoms with Gasteiger partial charge in [-0.2, -0.15) is 0 Å². The Hall–Kier alpha value is -1.13. The van der Waals surface area contributed by atoms with Gasteiger partial charge in [0.15, 0.2) is 0 Å². The first-order chi connectivity index (χ1) is 7.08. The lowest BCUT2D eigenvalue weighted by atomic mass is 10.3. The first kappa shape index (κ1) is 10.4. The Labute approximate surface area is 91.1 Å². The number of anilines is 1. The van der Waals surface area contributed by atoms with Gasteiger partial charge in [-0.25, -0.2) is 4.39 Å². The summed E-state index contributed by atoms with van der Waals surface area (Å²) in [5.41, 5.74) is 0.168. The highest BCUT2D eigenvalue weighted by atomic mass is 35.5. The van der Waals surface area contributed by atoms with Crippen LogP contribution >= 0.6 is 11.6 Å². The van der Waals surface area contributed by atoms with Crippen LogP contribution in [0.25, 0.3) is 0 Å². The molecule has 1 heterocycles. The van der Waals surface area contributed by atoms with E-state index in [-0.39, 0.29) is 29.6 Å². The van der Waals surface area contributed by atoms with Crippen molar-refractivity contribution in [3.05, 3.63) is 29.0 Å². The third-order valence-corrected chi connectivity index (χ3v) is 2.54. The topological polar surface area (TPSA) is 40.5 Å². The van der Waals surface area contributed by atoms with E-state index in [9.17, 15) is 14.3 Å². The molecule has 1 atom stereocenters. The molecule has 0 aromatic heterocycles. The zero-order valence-corrected chi connectivity index (χ0v) is 8.54. The van der Waals surface area contributed by atoms with Crippen molar-refractivity contribution in [2.24, 2.45) is 0 Å². The maximum atomic E-state index is 13.4. The van der Waals surface area contributed by atoms with Crippen molar-refractivity contribution in [2.75, 3.05) is 11.4 Å². The monoisotopic (exact) mass is 229 g/mol. The number of halogens is 2. The Morgan fingerprint density at radius 3 is 2.80 bits per heavy atom. The molecular weight excluding hydrogens is 221 g/mol. The fraction of sp³-hybridized carbons (Fsp3) is 0.300. The van der Waals surface area contributed by atoms with E-state index in [0.717, 1.165) is 6.07 Å². The molecule has 1 aliphatic rings. The zero-order valence-electron chi connectivity index (χ0n) is 7.78. The molecule has 3 nitrogen and oxygen atoms in total. The smallest absolute Gasteiger partial charge is 0.229 e. The van der Waals surface area contributed by atoms with Crippen LogP contribution in [-0.4, -0.2) is 23.7 Å². The van der Waals surface area contributed by atoms with Crippen molar-refractivity contribution in [3.8, 4) is 0 Å². The maximum absolute atomic E-state index is 13.4. The molecule has 0 aliphatic carbocycles. The Kier molecular flexibility index (Phi) is 2.63. The lowest BCUT2D eigenvalue weighted by Gasteiger charge is -2.16. The van der Waals surface area contributed by atoms with E-state index in [1.165, 1.54) is 17.0 Å². The normalized spacial score (nSPS) is 21.1. The Morgan fingerprint density at radius 1 is 1.53 bits per heavy atom. The summed E-state index contributed by atoms with van der Waals surface area (Å²) in [4.78, 5) is 12.6. The minimum Gasteiger partial charge on any atom is -0.391 e. The lowest BCUT2D eigenvalue weighted by molar-refractivity contribution is -0.117. The number of carbonyl (C=O) groups is 1. The fourth-order valence-corrected chi connectivity index (χ4v) is 1.78. The van der Waals surface area contributed by atoms with Gasteiger partial charge < -0.3 is 10.0 Å². The molecule has 1 saturated heterocycles. The van der Waals surface area contributed by atoms with Crippen molar-refractivity contribution in [2.45, 2.75) is 12.5 Å². The summed E-state index contributed by atoms with van der Waals surface area (Å²) in [6.07, 6.45) is -0.671. The molecule has 1 unspecified atom stereocenters. The highest BCUT2D eigenvalue weighted by Gasteiger charge is 2.30. The largest absolute Gasteiger partial charge is 0.391 e. The van der Waals surface area contributed by atoms with Gasteiger partial charge in [0.1, 0.15) is 5.82 Å². The molecule has 0 bridgehead atoms. The van der Waals surface area contributed by atoms with Crippen LogP contribution in [0.1, 0.15) is 6.42 Å². The van der Waals surface area contributed by atoms with E-state index in [4.69, 9.17) is 11.6 Å². The van der Waals surface area contributed by atoms with Crippen LogP contribution in [0.15, 0.2) is 18.2 Å². The highest BCUT2D eigenvalue weighted by molar-refractivity contribution is 6.30. The number of aliphatic hydroxyl groups is 1. The molecule has 15 heavy (non-hydrogen) atoms. The molecule has 1 fully saturated rings. The first-order valence-corrected chi connectivity index (χ1v) is 4.89. The summed E-state index contributed by atoms with van der Waals surface area (Å²) in [6.45, 7) is 0.136.